The number of hydrogen-bond donors (Lipinski definition) is 1. The van der Waals surface area contributed by atoms with Gasteiger partial charge >= 0.3 is 0 Å². The normalized spacial score (nSPS) is 23.3. The largest absolute Gasteiger partial charge is 0.491 e. The highest BCUT2D eigenvalue weighted by Gasteiger charge is 2.24. The quantitative estimate of drug-likeness (QED) is 0.868. The molecule has 2 unspecified atom stereocenters. The first-order chi connectivity index (χ1) is 8.66. The van der Waals surface area contributed by atoms with Crippen molar-refractivity contribution in [1.82, 2.24) is 0 Å². The highest BCUT2D eigenvalue weighted by atomic mass is 32.2. The molecule has 0 spiro atoms. The van der Waals surface area contributed by atoms with Gasteiger partial charge in [-0.25, -0.2) is 0 Å². The number of nitrogens with one attached hydrogen (secondary N) is 1. The first-order valence-electron chi connectivity index (χ1n) is 6.77. The predicted octanol–water partition coefficient (Wildman–Crippen LogP) is 4.03. The zero-order valence-corrected chi connectivity index (χ0v) is 12.3. The topological polar surface area (TPSA) is 21.3 Å². The van der Waals surface area contributed by atoms with Gasteiger partial charge in [0.05, 0.1) is 12.3 Å². The summed E-state index contributed by atoms with van der Waals surface area (Å²) in [7, 11) is 0. The number of para-hydroxylation sites is 2. The fourth-order valence-electron chi connectivity index (χ4n) is 2.09. The molecule has 1 aromatic carbocycles. The van der Waals surface area contributed by atoms with Crippen LogP contribution in [0.4, 0.5) is 5.69 Å². The lowest BCUT2D eigenvalue weighted by molar-refractivity contribution is 0.272. The van der Waals surface area contributed by atoms with E-state index >= 15 is 0 Å². The number of rotatable bonds is 5. The summed E-state index contributed by atoms with van der Waals surface area (Å²) >= 11 is 2.05. The summed E-state index contributed by atoms with van der Waals surface area (Å²) in [4.78, 5) is 0. The fraction of sp³-hybridized carbons (Fsp3) is 0.600. The maximum Gasteiger partial charge on any atom is 0.142 e. The van der Waals surface area contributed by atoms with Crippen molar-refractivity contribution in [3.05, 3.63) is 24.3 Å². The number of hydrogen-bond acceptors (Lipinski definition) is 3. The Morgan fingerprint density at radius 2 is 2.17 bits per heavy atom. The standard InChI is InChI=1S/C15H23NOS/c1-11(2)10-17-15-7-5-4-6-14(15)16-13-8-9-18-12(13)3/h4-7,11-13,16H,8-10H2,1-3H3. The molecule has 1 aliphatic rings. The summed E-state index contributed by atoms with van der Waals surface area (Å²) in [5, 5.41) is 4.32. The Balaban J connectivity index is 2.02. The molecule has 1 saturated heterocycles. The van der Waals surface area contributed by atoms with Crippen LogP contribution < -0.4 is 10.1 Å². The molecule has 0 saturated carbocycles. The summed E-state index contributed by atoms with van der Waals surface area (Å²) in [5.41, 5.74) is 1.14. The second-order valence-electron chi connectivity index (χ2n) is 5.32. The Kier molecular flexibility index (Phi) is 4.81. The lowest BCUT2D eigenvalue weighted by atomic mass is 10.1. The molecular weight excluding hydrogens is 242 g/mol. The van der Waals surface area contributed by atoms with Crippen LogP contribution >= 0.6 is 11.8 Å². The third-order valence-electron chi connectivity index (χ3n) is 3.18. The molecule has 2 atom stereocenters. The molecule has 0 aliphatic carbocycles. The van der Waals surface area contributed by atoms with E-state index in [1.54, 1.807) is 0 Å². The molecule has 0 amide bonds. The first-order valence-corrected chi connectivity index (χ1v) is 7.81. The molecule has 18 heavy (non-hydrogen) atoms. The van der Waals surface area contributed by atoms with Crippen LogP contribution in [0.25, 0.3) is 0 Å². The molecule has 1 heterocycles. The van der Waals surface area contributed by atoms with Crippen molar-refractivity contribution >= 4 is 17.4 Å². The van der Waals surface area contributed by atoms with Gasteiger partial charge in [0.15, 0.2) is 0 Å². The van der Waals surface area contributed by atoms with Crippen LogP contribution in [0.15, 0.2) is 24.3 Å². The molecule has 0 radical (unpaired) electrons. The van der Waals surface area contributed by atoms with Gasteiger partial charge in [0.25, 0.3) is 0 Å². The third-order valence-corrected chi connectivity index (χ3v) is 4.50. The summed E-state index contributed by atoms with van der Waals surface area (Å²) < 4.78 is 5.87. The number of thioether (sulfide) groups is 1. The summed E-state index contributed by atoms with van der Waals surface area (Å²) in [6.07, 6.45) is 1.24. The summed E-state index contributed by atoms with van der Waals surface area (Å²) in [5.74, 6) is 2.79. The molecular formula is C15H23NOS. The third kappa shape index (κ3) is 3.58. The smallest absolute Gasteiger partial charge is 0.142 e. The van der Waals surface area contributed by atoms with Gasteiger partial charge in [-0.1, -0.05) is 32.9 Å². The van der Waals surface area contributed by atoms with Gasteiger partial charge in [-0.05, 0) is 30.2 Å². The van der Waals surface area contributed by atoms with Crippen molar-refractivity contribution in [3.63, 3.8) is 0 Å². The Labute approximate surface area is 114 Å². The minimum Gasteiger partial charge on any atom is -0.491 e. The molecule has 1 fully saturated rings. The summed E-state index contributed by atoms with van der Waals surface area (Å²) in [6.45, 7) is 7.41. The fourth-order valence-corrected chi connectivity index (χ4v) is 3.29. The van der Waals surface area contributed by atoms with Crippen LogP contribution in [-0.2, 0) is 0 Å². The van der Waals surface area contributed by atoms with Crippen molar-refractivity contribution in [2.45, 2.75) is 38.5 Å². The van der Waals surface area contributed by atoms with E-state index < -0.39 is 0 Å². The number of anilines is 1. The van der Waals surface area contributed by atoms with Gasteiger partial charge in [-0.15, -0.1) is 0 Å². The Morgan fingerprint density at radius 1 is 1.39 bits per heavy atom. The molecule has 2 rings (SSSR count). The molecule has 0 aromatic heterocycles. The second-order valence-corrected chi connectivity index (χ2v) is 6.80. The Bertz CT molecular complexity index is 381. The van der Waals surface area contributed by atoms with Crippen LogP contribution in [0.5, 0.6) is 5.75 Å². The van der Waals surface area contributed by atoms with E-state index in [-0.39, 0.29) is 0 Å². The van der Waals surface area contributed by atoms with Crippen molar-refractivity contribution in [3.8, 4) is 5.75 Å². The van der Waals surface area contributed by atoms with E-state index in [1.807, 2.05) is 17.8 Å². The van der Waals surface area contributed by atoms with Gasteiger partial charge in [0.2, 0.25) is 0 Å². The van der Waals surface area contributed by atoms with Crippen LogP contribution in [0.2, 0.25) is 0 Å². The minimum absolute atomic E-state index is 0.555. The zero-order valence-electron chi connectivity index (χ0n) is 11.5. The van der Waals surface area contributed by atoms with Gasteiger partial charge in [0, 0.05) is 11.3 Å². The zero-order chi connectivity index (χ0) is 13.0. The van der Waals surface area contributed by atoms with E-state index in [2.05, 4.69) is 44.3 Å². The number of ether oxygens (including phenoxy) is 1. The Hall–Kier alpha value is -0.830. The van der Waals surface area contributed by atoms with Crippen molar-refractivity contribution in [2.75, 3.05) is 17.7 Å². The van der Waals surface area contributed by atoms with Gasteiger partial charge in [-0.3, -0.25) is 0 Å². The van der Waals surface area contributed by atoms with Crippen LogP contribution in [0.3, 0.4) is 0 Å². The summed E-state index contributed by atoms with van der Waals surface area (Å²) in [6, 6.07) is 8.84. The van der Waals surface area contributed by atoms with Gasteiger partial charge in [0.1, 0.15) is 5.75 Å². The van der Waals surface area contributed by atoms with Gasteiger partial charge < -0.3 is 10.1 Å². The second kappa shape index (κ2) is 6.37. The van der Waals surface area contributed by atoms with Crippen LogP contribution in [0, 0.1) is 5.92 Å². The van der Waals surface area contributed by atoms with Crippen LogP contribution in [0.1, 0.15) is 27.2 Å². The van der Waals surface area contributed by atoms with E-state index in [4.69, 9.17) is 4.74 Å². The molecule has 0 bridgehead atoms. The van der Waals surface area contributed by atoms with E-state index in [1.165, 1.54) is 12.2 Å². The lowest BCUT2D eigenvalue weighted by Crippen LogP contribution is -2.25. The number of benzene rings is 1. The molecule has 3 heteroatoms. The first kappa shape index (κ1) is 13.6. The molecule has 1 N–H and O–H groups in total. The van der Waals surface area contributed by atoms with Crippen molar-refractivity contribution in [2.24, 2.45) is 5.92 Å². The SMILES string of the molecule is CC(C)COc1ccccc1NC1CCSC1C. The predicted molar refractivity (Wildman–Crippen MR) is 80.7 cm³/mol. The maximum atomic E-state index is 5.87. The van der Waals surface area contributed by atoms with E-state index in [9.17, 15) is 0 Å². The van der Waals surface area contributed by atoms with Crippen LogP contribution in [-0.4, -0.2) is 23.7 Å². The van der Waals surface area contributed by atoms with E-state index in [0.29, 0.717) is 17.2 Å². The highest BCUT2D eigenvalue weighted by Crippen LogP contribution is 2.32. The Morgan fingerprint density at radius 3 is 2.83 bits per heavy atom. The van der Waals surface area contributed by atoms with Gasteiger partial charge in [-0.2, -0.15) is 11.8 Å². The molecule has 2 nitrogen and oxygen atoms in total. The van der Waals surface area contributed by atoms with Crippen molar-refractivity contribution in [1.29, 1.82) is 0 Å². The molecule has 1 aliphatic heterocycles. The average molecular weight is 265 g/mol. The maximum absolute atomic E-state index is 5.87. The monoisotopic (exact) mass is 265 g/mol. The average Bonchev–Trinajstić information content (AvgIpc) is 2.74. The molecule has 100 valence electrons. The highest BCUT2D eigenvalue weighted by molar-refractivity contribution is 8.00. The lowest BCUT2D eigenvalue weighted by Gasteiger charge is -2.20. The molecule has 1 aromatic rings. The minimum atomic E-state index is 0.555. The van der Waals surface area contributed by atoms with Crippen molar-refractivity contribution < 1.29 is 4.74 Å². The van der Waals surface area contributed by atoms with E-state index in [0.717, 1.165) is 18.0 Å².